The molecular weight excluding hydrogens is 298 g/mol. The Morgan fingerprint density at radius 2 is 2.06 bits per heavy atom. The summed E-state index contributed by atoms with van der Waals surface area (Å²) in [6, 6.07) is 7.04. The number of carboxylic acids is 1. The zero-order valence-electron chi connectivity index (χ0n) is 10.6. The molecule has 0 heterocycles. The van der Waals surface area contributed by atoms with Crippen molar-refractivity contribution in [3.63, 3.8) is 0 Å². The molecule has 1 amide bonds. The van der Waals surface area contributed by atoms with E-state index in [1.54, 1.807) is 25.1 Å². The van der Waals surface area contributed by atoms with Crippen LogP contribution in [0.3, 0.4) is 0 Å². The van der Waals surface area contributed by atoms with Gasteiger partial charge in [-0.05, 0) is 24.1 Å². The highest BCUT2D eigenvalue weighted by Gasteiger charge is 2.44. The third-order valence-electron chi connectivity index (χ3n) is 3.21. The minimum Gasteiger partial charge on any atom is -0.479 e. The molecule has 1 N–H and O–H groups in total. The van der Waals surface area contributed by atoms with Gasteiger partial charge in [0.2, 0.25) is 5.91 Å². The van der Waals surface area contributed by atoms with Crippen LogP contribution in [0.1, 0.15) is 25.8 Å². The van der Waals surface area contributed by atoms with Gasteiger partial charge in [0.05, 0.1) is 0 Å². The SMILES string of the molecule is CCC(C(=O)O)(c1cccc(Br)c1)N(C)C(C)=O. The second-order valence-electron chi connectivity index (χ2n) is 4.11. The van der Waals surface area contributed by atoms with E-state index in [1.807, 2.05) is 6.07 Å². The Morgan fingerprint density at radius 1 is 1.44 bits per heavy atom. The molecule has 18 heavy (non-hydrogen) atoms. The predicted molar refractivity (Wildman–Crippen MR) is 72.2 cm³/mol. The van der Waals surface area contributed by atoms with E-state index >= 15 is 0 Å². The Balaban J connectivity index is 3.46. The van der Waals surface area contributed by atoms with Gasteiger partial charge in [0, 0.05) is 18.4 Å². The fraction of sp³-hybridized carbons (Fsp3) is 0.385. The lowest BCUT2D eigenvalue weighted by molar-refractivity contribution is -0.158. The van der Waals surface area contributed by atoms with Crippen LogP contribution < -0.4 is 0 Å². The van der Waals surface area contributed by atoms with Crippen molar-refractivity contribution in [2.24, 2.45) is 0 Å². The van der Waals surface area contributed by atoms with Gasteiger partial charge in [-0.1, -0.05) is 35.0 Å². The van der Waals surface area contributed by atoms with Crippen molar-refractivity contribution in [1.29, 1.82) is 0 Å². The molecule has 1 rings (SSSR count). The van der Waals surface area contributed by atoms with Crippen LogP contribution in [0.2, 0.25) is 0 Å². The highest BCUT2D eigenvalue weighted by atomic mass is 79.9. The van der Waals surface area contributed by atoms with Crippen molar-refractivity contribution in [3.05, 3.63) is 34.3 Å². The van der Waals surface area contributed by atoms with Crippen molar-refractivity contribution in [1.82, 2.24) is 4.90 Å². The maximum atomic E-state index is 11.7. The number of carbonyl (C=O) groups excluding carboxylic acids is 1. The summed E-state index contributed by atoms with van der Waals surface area (Å²) in [6.45, 7) is 3.12. The molecule has 1 atom stereocenters. The first kappa shape index (κ1) is 14.7. The van der Waals surface area contributed by atoms with Crippen LogP contribution in [0.25, 0.3) is 0 Å². The number of hydrogen-bond acceptors (Lipinski definition) is 2. The summed E-state index contributed by atoms with van der Waals surface area (Å²) in [6.07, 6.45) is 0.300. The van der Waals surface area contributed by atoms with Crippen LogP contribution in [0.5, 0.6) is 0 Å². The Bertz CT molecular complexity index is 475. The lowest BCUT2D eigenvalue weighted by Crippen LogP contribution is -2.51. The fourth-order valence-corrected chi connectivity index (χ4v) is 2.47. The van der Waals surface area contributed by atoms with Gasteiger partial charge in [-0.15, -0.1) is 0 Å². The second kappa shape index (κ2) is 5.52. The number of amides is 1. The minimum absolute atomic E-state index is 0.278. The highest BCUT2D eigenvalue weighted by molar-refractivity contribution is 9.10. The third-order valence-corrected chi connectivity index (χ3v) is 3.71. The van der Waals surface area contributed by atoms with Crippen molar-refractivity contribution < 1.29 is 14.7 Å². The fourth-order valence-electron chi connectivity index (χ4n) is 2.07. The van der Waals surface area contributed by atoms with Crippen LogP contribution in [0, 0.1) is 0 Å². The Kier molecular flexibility index (Phi) is 4.51. The number of halogens is 1. The smallest absolute Gasteiger partial charge is 0.334 e. The molecular formula is C13H16BrNO3. The normalized spacial score (nSPS) is 13.8. The number of likely N-dealkylation sites (N-methyl/N-ethyl adjacent to an activating group) is 1. The van der Waals surface area contributed by atoms with E-state index in [2.05, 4.69) is 15.9 Å². The molecule has 0 aromatic heterocycles. The zero-order valence-corrected chi connectivity index (χ0v) is 12.2. The standard InChI is InChI=1S/C13H16BrNO3/c1-4-13(12(17)18,15(3)9(2)16)10-6-5-7-11(14)8-10/h5-8H,4H2,1-3H3,(H,17,18). The molecule has 5 heteroatoms. The summed E-state index contributed by atoms with van der Waals surface area (Å²) < 4.78 is 0.788. The molecule has 0 aliphatic heterocycles. The monoisotopic (exact) mass is 313 g/mol. The van der Waals surface area contributed by atoms with Crippen LogP contribution in [-0.4, -0.2) is 28.9 Å². The van der Waals surface area contributed by atoms with Crippen LogP contribution >= 0.6 is 15.9 Å². The van der Waals surface area contributed by atoms with E-state index in [0.717, 1.165) is 4.47 Å². The Hall–Kier alpha value is -1.36. The molecule has 4 nitrogen and oxygen atoms in total. The first-order valence-corrected chi connectivity index (χ1v) is 6.39. The van der Waals surface area contributed by atoms with Crippen LogP contribution in [0.4, 0.5) is 0 Å². The number of benzene rings is 1. The van der Waals surface area contributed by atoms with Gasteiger partial charge in [-0.3, -0.25) is 4.79 Å². The number of hydrogen-bond donors (Lipinski definition) is 1. The molecule has 1 unspecified atom stereocenters. The maximum absolute atomic E-state index is 11.7. The third kappa shape index (κ3) is 2.41. The molecule has 1 aromatic carbocycles. The quantitative estimate of drug-likeness (QED) is 0.929. The van der Waals surface area contributed by atoms with Crippen molar-refractivity contribution in [3.8, 4) is 0 Å². The molecule has 0 bridgehead atoms. The lowest BCUT2D eigenvalue weighted by atomic mass is 9.85. The van der Waals surface area contributed by atoms with E-state index in [0.29, 0.717) is 12.0 Å². The average molecular weight is 314 g/mol. The minimum atomic E-state index is -1.32. The summed E-state index contributed by atoms with van der Waals surface area (Å²) in [5, 5.41) is 9.58. The second-order valence-corrected chi connectivity index (χ2v) is 5.02. The lowest BCUT2D eigenvalue weighted by Gasteiger charge is -2.37. The van der Waals surface area contributed by atoms with Crippen LogP contribution in [-0.2, 0) is 15.1 Å². The Labute approximate surface area is 115 Å². The van der Waals surface area contributed by atoms with Crippen molar-refractivity contribution in [2.45, 2.75) is 25.8 Å². The molecule has 0 aliphatic rings. The number of carbonyl (C=O) groups is 2. The summed E-state index contributed by atoms with van der Waals surface area (Å²) in [5.41, 5.74) is -0.736. The van der Waals surface area contributed by atoms with Gasteiger partial charge in [0.15, 0.2) is 5.54 Å². The Morgan fingerprint density at radius 3 is 2.44 bits per heavy atom. The number of nitrogens with zero attached hydrogens (tertiary/aromatic N) is 1. The molecule has 98 valence electrons. The average Bonchev–Trinajstić information content (AvgIpc) is 2.30. The van der Waals surface area contributed by atoms with Gasteiger partial charge >= 0.3 is 5.97 Å². The first-order valence-electron chi connectivity index (χ1n) is 5.60. The predicted octanol–water partition coefficient (Wildman–Crippen LogP) is 2.62. The van der Waals surface area contributed by atoms with E-state index < -0.39 is 11.5 Å². The first-order chi connectivity index (χ1) is 8.36. The molecule has 0 aliphatic carbocycles. The van der Waals surface area contributed by atoms with Gasteiger partial charge in [-0.2, -0.15) is 0 Å². The number of aliphatic carboxylic acids is 1. The molecule has 1 aromatic rings. The summed E-state index contributed by atoms with van der Waals surface area (Å²) in [4.78, 5) is 24.5. The van der Waals surface area contributed by atoms with Gasteiger partial charge in [0.1, 0.15) is 0 Å². The van der Waals surface area contributed by atoms with E-state index in [4.69, 9.17) is 0 Å². The molecule has 0 radical (unpaired) electrons. The molecule has 0 saturated heterocycles. The highest BCUT2D eigenvalue weighted by Crippen LogP contribution is 2.33. The van der Waals surface area contributed by atoms with E-state index in [-0.39, 0.29) is 5.91 Å². The molecule has 0 spiro atoms. The van der Waals surface area contributed by atoms with E-state index in [9.17, 15) is 14.7 Å². The van der Waals surface area contributed by atoms with Crippen LogP contribution in [0.15, 0.2) is 28.7 Å². The largest absolute Gasteiger partial charge is 0.479 e. The maximum Gasteiger partial charge on any atom is 0.334 e. The summed E-state index contributed by atoms with van der Waals surface area (Å²) in [5.74, 6) is -1.31. The van der Waals surface area contributed by atoms with Gasteiger partial charge in [0.25, 0.3) is 0 Å². The van der Waals surface area contributed by atoms with Crippen molar-refractivity contribution >= 4 is 27.8 Å². The molecule has 0 fully saturated rings. The topological polar surface area (TPSA) is 57.6 Å². The van der Waals surface area contributed by atoms with Crippen molar-refractivity contribution in [2.75, 3.05) is 7.05 Å². The van der Waals surface area contributed by atoms with Gasteiger partial charge < -0.3 is 10.0 Å². The van der Waals surface area contributed by atoms with Gasteiger partial charge in [-0.25, -0.2) is 4.79 Å². The number of carboxylic acid groups (broad SMARTS) is 1. The van der Waals surface area contributed by atoms with E-state index in [1.165, 1.54) is 18.9 Å². The summed E-state index contributed by atoms with van der Waals surface area (Å²) >= 11 is 3.32. The summed E-state index contributed by atoms with van der Waals surface area (Å²) in [7, 11) is 1.51. The molecule has 0 saturated carbocycles. The number of rotatable bonds is 4. The zero-order chi connectivity index (χ0) is 13.9.